The van der Waals surface area contributed by atoms with Crippen molar-refractivity contribution in [2.24, 2.45) is 0 Å². The lowest BCUT2D eigenvalue weighted by atomic mass is 9.96. The fraction of sp³-hybridized carbons (Fsp3) is 0.400. The molecule has 0 amide bonds. The van der Waals surface area contributed by atoms with Crippen LogP contribution in [0.5, 0.6) is 0 Å². The molecule has 1 heteroatoms. The summed E-state index contributed by atoms with van der Waals surface area (Å²) in [4.78, 5) is 0. The highest BCUT2D eigenvalue weighted by atomic mass is 14.9. The predicted octanol–water partition coefficient (Wildman–Crippen LogP) is 4.40. The number of rotatable bonds is 4. The topological polar surface area (TPSA) is 12.0 Å². The smallest absolute Gasteiger partial charge is 0.0208 e. The normalized spacial score (nSPS) is 17.0. The molecular formula is C20H23N. The number of hydrogen-bond donors (Lipinski definition) is 1. The summed E-state index contributed by atoms with van der Waals surface area (Å²) < 4.78 is 0. The van der Waals surface area contributed by atoms with Crippen LogP contribution in [0.2, 0.25) is 0 Å². The van der Waals surface area contributed by atoms with Crippen LogP contribution in [0.1, 0.15) is 41.5 Å². The Labute approximate surface area is 127 Å². The summed E-state index contributed by atoms with van der Waals surface area (Å²) in [5.41, 5.74) is 8.69. The van der Waals surface area contributed by atoms with Crippen molar-refractivity contribution in [3.8, 4) is 11.1 Å². The lowest BCUT2D eigenvalue weighted by Crippen LogP contribution is -2.15. The number of hydrogen-bond acceptors (Lipinski definition) is 1. The molecule has 1 fully saturated rings. The minimum atomic E-state index is 0.779. The highest BCUT2D eigenvalue weighted by Gasteiger charge is 2.20. The third-order valence-corrected chi connectivity index (χ3v) is 4.87. The number of fused-ring (bicyclic) bond motifs is 1. The first-order chi connectivity index (χ1) is 10.3. The molecule has 0 aliphatic heterocycles. The van der Waals surface area contributed by atoms with Crippen LogP contribution in [0.3, 0.4) is 0 Å². The first kappa shape index (κ1) is 13.1. The van der Waals surface area contributed by atoms with E-state index in [1.54, 1.807) is 11.1 Å². The van der Waals surface area contributed by atoms with Gasteiger partial charge in [0.05, 0.1) is 0 Å². The van der Waals surface area contributed by atoms with Gasteiger partial charge in [-0.15, -0.1) is 0 Å². The van der Waals surface area contributed by atoms with E-state index in [0.29, 0.717) is 0 Å². The van der Waals surface area contributed by atoms with Crippen molar-refractivity contribution in [3.05, 3.63) is 58.7 Å². The molecule has 1 nitrogen and oxygen atoms in total. The van der Waals surface area contributed by atoms with Gasteiger partial charge in [0.2, 0.25) is 0 Å². The molecule has 1 N–H and O–H groups in total. The number of aryl methyl sites for hydroxylation is 3. The van der Waals surface area contributed by atoms with Crippen molar-refractivity contribution in [2.45, 2.75) is 51.6 Å². The molecule has 2 aliphatic carbocycles. The van der Waals surface area contributed by atoms with Gasteiger partial charge in [0.15, 0.2) is 0 Å². The van der Waals surface area contributed by atoms with E-state index in [2.05, 4.69) is 48.6 Å². The van der Waals surface area contributed by atoms with E-state index in [9.17, 15) is 0 Å². The van der Waals surface area contributed by atoms with Gasteiger partial charge in [0.25, 0.3) is 0 Å². The van der Waals surface area contributed by atoms with Crippen LogP contribution in [0, 0.1) is 6.92 Å². The van der Waals surface area contributed by atoms with Crippen molar-refractivity contribution in [3.63, 3.8) is 0 Å². The van der Waals surface area contributed by atoms with Crippen molar-refractivity contribution < 1.29 is 0 Å². The molecule has 2 aromatic rings. The Bertz CT molecular complexity index is 668. The highest BCUT2D eigenvalue weighted by Crippen LogP contribution is 2.30. The second-order valence-corrected chi connectivity index (χ2v) is 6.64. The molecule has 108 valence electrons. The molecule has 0 radical (unpaired) electrons. The van der Waals surface area contributed by atoms with Gasteiger partial charge < -0.3 is 5.32 Å². The van der Waals surface area contributed by atoms with Crippen LogP contribution in [0.4, 0.5) is 0 Å². The maximum atomic E-state index is 3.59. The average Bonchev–Trinajstić information content (AvgIpc) is 3.21. The molecule has 2 aromatic carbocycles. The SMILES string of the molecule is Cc1cc(CNC2CC2)ccc1-c1ccc2c(c1)CCC2. The molecule has 0 bridgehead atoms. The van der Waals surface area contributed by atoms with Gasteiger partial charge in [-0.1, -0.05) is 36.4 Å². The monoisotopic (exact) mass is 277 g/mol. The average molecular weight is 277 g/mol. The quantitative estimate of drug-likeness (QED) is 0.873. The minimum absolute atomic E-state index is 0.779. The molecule has 4 rings (SSSR count). The zero-order valence-electron chi connectivity index (χ0n) is 12.8. The maximum absolute atomic E-state index is 3.59. The van der Waals surface area contributed by atoms with Crippen LogP contribution in [0.15, 0.2) is 36.4 Å². The van der Waals surface area contributed by atoms with Crippen molar-refractivity contribution >= 4 is 0 Å². The van der Waals surface area contributed by atoms with E-state index >= 15 is 0 Å². The molecule has 21 heavy (non-hydrogen) atoms. The summed E-state index contributed by atoms with van der Waals surface area (Å²) >= 11 is 0. The molecule has 2 aliphatic rings. The predicted molar refractivity (Wildman–Crippen MR) is 88.5 cm³/mol. The fourth-order valence-corrected chi connectivity index (χ4v) is 3.45. The molecule has 0 aromatic heterocycles. The van der Waals surface area contributed by atoms with E-state index in [4.69, 9.17) is 0 Å². The van der Waals surface area contributed by atoms with Gasteiger partial charge in [-0.05, 0) is 72.4 Å². The fourth-order valence-electron chi connectivity index (χ4n) is 3.45. The lowest BCUT2D eigenvalue weighted by molar-refractivity contribution is 0.687. The summed E-state index contributed by atoms with van der Waals surface area (Å²) in [5, 5.41) is 3.59. The van der Waals surface area contributed by atoms with Crippen molar-refractivity contribution in [1.82, 2.24) is 5.32 Å². The third kappa shape index (κ3) is 2.75. The molecular weight excluding hydrogens is 254 g/mol. The van der Waals surface area contributed by atoms with Gasteiger partial charge in [0.1, 0.15) is 0 Å². The van der Waals surface area contributed by atoms with E-state index in [-0.39, 0.29) is 0 Å². The van der Waals surface area contributed by atoms with Crippen LogP contribution in [-0.2, 0) is 19.4 Å². The van der Waals surface area contributed by atoms with Crippen molar-refractivity contribution in [2.75, 3.05) is 0 Å². The van der Waals surface area contributed by atoms with Gasteiger partial charge in [0, 0.05) is 12.6 Å². The highest BCUT2D eigenvalue weighted by molar-refractivity contribution is 5.69. The minimum Gasteiger partial charge on any atom is -0.310 e. The lowest BCUT2D eigenvalue weighted by Gasteiger charge is -2.11. The summed E-state index contributed by atoms with van der Waals surface area (Å²) in [6.07, 6.45) is 6.55. The van der Waals surface area contributed by atoms with Gasteiger partial charge in [-0.25, -0.2) is 0 Å². The van der Waals surface area contributed by atoms with E-state index in [1.807, 2.05) is 0 Å². The Balaban J connectivity index is 1.59. The summed E-state index contributed by atoms with van der Waals surface area (Å²) in [7, 11) is 0. The first-order valence-electron chi connectivity index (χ1n) is 8.25. The first-order valence-corrected chi connectivity index (χ1v) is 8.25. The Morgan fingerprint density at radius 1 is 1.00 bits per heavy atom. The summed E-state index contributed by atoms with van der Waals surface area (Å²) in [6.45, 7) is 3.25. The second kappa shape index (κ2) is 5.31. The Hall–Kier alpha value is -1.60. The van der Waals surface area contributed by atoms with Crippen molar-refractivity contribution in [1.29, 1.82) is 0 Å². The molecule has 0 unspecified atom stereocenters. The largest absolute Gasteiger partial charge is 0.310 e. The number of nitrogens with one attached hydrogen (secondary N) is 1. The Morgan fingerprint density at radius 2 is 1.86 bits per heavy atom. The molecule has 1 saturated carbocycles. The van der Waals surface area contributed by atoms with Crippen LogP contribution in [-0.4, -0.2) is 6.04 Å². The molecule has 0 saturated heterocycles. The molecule has 0 spiro atoms. The van der Waals surface area contributed by atoms with Crippen LogP contribution >= 0.6 is 0 Å². The van der Waals surface area contributed by atoms with Gasteiger partial charge in [-0.3, -0.25) is 0 Å². The summed E-state index contributed by atoms with van der Waals surface area (Å²) in [5.74, 6) is 0. The van der Waals surface area contributed by atoms with E-state index in [1.165, 1.54) is 54.4 Å². The van der Waals surface area contributed by atoms with Gasteiger partial charge >= 0.3 is 0 Å². The Morgan fingerprint density at radius 3 is 2.67 bits per heavy atom. The maximum Gasteiger partial charge on any atom is 0.0208 e. The standard InChI is InChI=1S/C20H23N/c1-14-11-15(13-21-19-8-9-19)5-10-20(14)18-7-6-16-3-2-4-17(16)12-18/h5-7,10-12,19,21H,2-4,8-9,13H2,1H3. The second-order valence-electron chi connectivity index (χ2n) is 6.64. The zero-order chi connectivity index (χ0) is 14.2. The van der Waals surface area contributed by atoms with E-state index < -0.39 is 0 Å². The molecule has 0 atom stereocenters. The third-order valence-electron chi connectivity index (χ3n) is 4.87. The number of benzene rings is 2. The van der Waals surface area contributed by atoms with Crippen LogP contribution in [0.25, 0.3) is 11.1 Å². The molecule has 0 heterocycles. The van der Waals surface area contributed by atoms with E-state index in [0.717, 1.165) is 12.6 Å². The van der Waals surface area contributed by atoms with Crippen LogP contribution < -0.4 is 5.32 Å². The van der Waals surface area contributed by atoms with Gasteiger partial charge in [-0.2, -0.15) is 0 Å². The zero-order valence-corrected chi connectivity index (χ0v) is 12.8. The Kier molecular flexibility index (Phi) is 3.31. The summed E-state index contributed by atoms with van der Waals surface area (Å²) in [6, 6.07) is 14.8.